The summed E-state index contributed by atoms with van der Waals surface area (Å²) in [6.07, 6.45) is -0.229. The molecule has 176 valence electrons. The lowest BCUT2D eigenvalue weighted by atomic mass is 10.1. The quantitative estimate of drug-likeness (QED) is 0.113. The van der Waals surface area contributed by atoms with Crippen LogP contribution in [0, 0.1) is 0 Å². The second-order valence-electron chi connectivity index (χ2n) is 6.94. The molecule has 31 heavy (non-hydrogen) atoms. The number of carbonyl (C=O) groups is 6. The second kappa shape index (κ2) is 13.9. The number of nitrogens with one attached hydrogen (secondary N) is 3. The molecule has 0 aromatic heterocycles. The van der Waals surface area contributed by atoms with Gasteiger partial charge in [-0.25, -0.2) is 4.79 Å². The van der Waals surface area contributed by atoms with Gasteiger partial charge in [0.25, 0.3) is 0 Å². The van der Waals surface area contributed by atoms with Crippen LogP contribution in [0.1, 0.15) is 39.0 Å². The Kier molecular flexibility index (Phi) is 12.4. The Morgan fingerprint density at radius 3 is 1.55 bits per heavy atom. The highest BCUT2D eigenvalue weighted by molar-refractivity contribution is 5.97. The number of primary amides is 2. The van der Waals surface area contributed by atoms with Crippen molar-refractivity contribution in [1.29, 1.82) is 0 Å². The van der Waals surface area contributed by atoms with Gasteiger partial charge in [0.2, 0.25) is 29.5 Å². The van der Waals surface area contributed by atoms with E-state index in [1.165, 1.54) is 6.92 Å². The number of hydrogen-bond acceptors (Lipinski definition) is 8. The molecule has 0 fully saturated rings. The average molecular weight is 445 g/mol. The van der Waals surface area contributed by atoms with Crippen LogP contribution in [-0.4, -0.2) is 71.3 Å². The van der Waals surface area contributed by atoms with E-state index in [9.17, 15) is 33.9 Å². The van der Waals surface area contributed by atoms with E-state index in [-0.39, 0.29) is 6.42 Å². The smallest absolute Gasteiger partial charge is 0.326 e. The zero-order valence-electron chi connectivity index (χ0n) is 17.3. The van der Waals surface area contributed by atoms with Gasteiger partial charge in [-0.15, -0.1) is 0 Å². The molecule has 0 bridgehead atoms. The molecule has 0 radical (unpaired) electrons. The highest BCUT2D eigenvalue weighted by atomic mass is 16.4. The minimum absolute atomic E-state index is 0.0737. The minimum atomic E-state index is -1.55. The first kappa shape index (κ1) is 27.7. The normalized spacial score (nSPS) is 14.4. The third kappa shape index (κ3) is 11.5. The number of carbonyl (C=O) groups excluding carboxylic acids is 5. The highest BCUT2D eigenvalue weighted by Gasteiger charge is 2.31. The Morgan fingerprint density at radius 2 is 1.19 bits per heavy atom. The summed E-state index contributed by atoms with van der Waals surface area (Å²) in [4.78, 5) is 70.8. The second-order valence-corrected chi connectivity index (χ2v) is 6.94. The Hall–Kier alpha value is -3.26. The Labute approximate surface area is 178 Å². The Balaban J connectivity index is 5.40. The van der Waals surface area contributed by atoms with Crippen LogP contribution in [0.15, 0.2) is 0 Å². The lowest BCUT2D eigenvalue weighted by molar-refractivity contribution is -0.142. The molecule has 4 unspecified atom stereocenters. The Bertz CT molecular complexity index is 684. The predicted octanol–water partition coefficient (Wildman–Crippen LogP) is -4.25. The van der Waals surface area contributed by atoms with Crippen molar-refractivity contribution in [3.63, 3.8) is 0 Å². The number of unbranched alkanes of at least 4 members (excludes halogenated alkanes) is 1. The van der Waals surface area contributed by atoms with E-state index in [0.717, 1.165) is 0 Å². The molecule has 0 rings (SSSR count). The van der Waals surface area contributed by atoms with Gasteiger partial charge >= 0.3 is 5.97 Å². The maximum Gasteiger partial charge on any atom is 0.326 e. The molecule has 0 saturated heterocycles. The maximum absolute atomic E-state index is 12.5. The van der Waals surface area contributed by atoms with E-state index in [4.69, 9.17) is 22.9 Å². The molecule has 0 aliphatic carbocycles. The maximum atomic E-state index is 12.5. The fraction of sp³-hybridized carbons (Fsp3) is 0.647. The van der Waals surface area contributed by atoms with Crippen molar-refractivity contribution in [1.82, 2.24) is 16.0 Å². The third-order valence-electron chi connectivity index (χ3n) is 4.05. The van der Waals surface area contributed by atoms with Crippen molar-refractivity contribution in [2.45, 2.75) is 63.2 Å². The van der Waals surface area contributed by atoms with Gasteiger partial charge in [0.1, 0.15) is 18.1 Å². The van der Waals surface area contributed by atoms with Gasteiger partial charge in [-0.3, -0.25) is 24.0 Å². The molecule has 0 heterocycles. The van der Waals surface area contributed by atoms with Crippen LogP contribution in [0.3, 0.4) is 0 Å². The van der Waals surface area contributed by atoms with Crippen molar-refractivity contribution >= 4 is 35.5 Å². The van der Waals surface area contributed by atoms with Crippen LogP contribution < -0.4 is 38.9 Å². The average Bonchev–Trinajstić information content (AvgIpc) is 2.64. The molecule has 0 aromatic carbocycles. The summed E-state index contributed by atoms with van der Waals surface area (Å²) in [6, 6.07) is -5.31. The fourth-order valence-corrected chi connectivity index (χ4v) is 2.42. The van der Waals surface area contributed by atoms with Crippen LogP contribution in [0.5, 0.6) is 0 Å². The van der Waals surface area contributed by atoms with Gasteiger partial charge in [0.15, 0.2) is 0 Å². The summed E-state index contributed by atoms with van der Waals surface area (Å²) in [6.45, 7) is 1.68. The van der Waals surface area contributed by atoms with Crippen LogP contribution in [-0.2, 0) is 28.8 Å². The molecule has 12 N–H and O–H groups in total. The largest absolute Gasteiger partial charge is 0.480 e. The van der Waals surface area contributed by atoms with Gasteiger partial charge in [-0.2, -0.15) is 0 Å². The molecule has 4 atom stereocenters. The van der Waals surface area contributed by atoms with E-state index in [2.05, 4.69) is 16.0 Å². The van der Waals surface area contributed by atoms with Crippen molar-refractivity contribution < 1.29 is 33.9 Å². The van der Waals surface area contributed by atoms with E-state index < -0.39 is 72.5 Å². The van der Waals surface area contributed by atoms with Crippen molar-refractivity contribution in [2.75, 3.05) is 6.54 Å². The van der Waals surface area contributed by atoms with Crippen molar-refractivity contribution in [3.8, 4) is 0 Å². The number of aliphatic carboxylic acids is 1. The van der Waals surface area contributed by atoms with Gasteiger partial charge in [-0.1, -0.05) is 0 Å². The molecule has 0 aliphatic rings. The number of amides is 5. The molecule has 0 saturated carbocycles. The first-order chi connectivity index (χ1) is 14.4. The molecule has 0 aromatic rings. The number of rotatable bonds is 15. The van der Waals surface area contributed by atoms with Crippen LogP contribution >= 0.6 is 0 Å². The number of nitrogens with two attached hydrogens (primary N) is 4. The van der Waals surface area contributed by atoms with E-state index >= 15 is 0 Å². The molecular weight excluding hydrogens is 414 g/mol. The molecule has 14 heteroatoms. The summed E-state index contributed by atoms with van der Waals surface area (Å²) in [5.74, 6) is -5.95. The van der Waals surface area contributed by atoms with Gasteiger partial charge in [0.05, 0.1) is 18.9 Å². The highest BCUT2D eigenvalue weighted by Crippen LogP contribution is 2.04. The third-order valence-corrected chi connectivity index (χ3v) is 4.05. The van der Waals surface area contributed by atoms with E-state index in [0.29, 0.717) is 19.4 Å². The summed E-state index contributed by atoms with van der Waals surface area (Å²) < 4.78 is 0. The predicted molar refractivity (Wildman–Crippen MR) is 108 cm³/mol. The zero-order chi connectivity index (χ0) is 24.1. The molecule has 0 spiro atoms. The minimum Gasteiger partial charge on any atom is -0.480 e. The molecule has 14 nitrogen and oxygen atoms in total. The summed E-state index contributed by atoms with van der Waals surface area (Å²) in [7, 11) is 0. The van der Waals surface area contributed by atoms with Gasteiger partial charge in [0, 0.05) is 0 Å². The first-order valence-corrected chi connectivity index (χ1v) is 9.55. The van der Waals surface area contributed by atoms with Crippen molar-refractivity contribution in [3.05, 3.63) is 0 Å². The topological polar surface area (TPSA) is 263 Å². The van der Waals surface area contributed by atoms with Crippen LogP contribution in [0.2, 0.25) is 0 Å². The van der Waals surface area contributed by atoms with E-state index in [1.807, 2.05) is 0 Å². The summed E-state index contributed by atoms with van der Waals surface area (Å²) in [5, 5.41) is 15.9. The lowest BCUT2D eigenvalue weighted by Gasteiger charge is -2.24. The van der Waals surface area contributed by atoms with Crippen molar-refractivity contribution in [2.24, 2.45) is 22.9 Å². The van der Waals surface area contributed by atoms with Gasteiger partial charge < -0.3 is 44.0 Å². The van der Waals surface area contributed by atoms with Crippen LogP contribution in [0.25, 0.3) is 0 Å². The fourth-order valence-electron chi connectivity index (χ4n) is 2.42. The summed E-state index contributed by atoms with van der Waals surface area (Å²) >= 11 is 0. The van der Waals surface area contributed by atoms with E-state index in [1.54, 1.807) is 0 Å². The SMILES string of the molecule is CC(N)C(=O)NC(CC(N)=O)C(=O)NC(CC(N)=O)C(=O)NC(CCCCN)C(=O)O. The number of carboxylic acids is 1. The monoisotopic (exact) mass is 445 g/mol. The summed E-state index contributed by atoms with van der Waals surface area (Å²) in [5.41, 5.74) is 21.0. The van der Waals surface area contributed by atoms with Crippen LogP contribution in [0.4, 0.5) is 0 Å². The molecule has 5 amide bonds. The zero-order valence-corrected chi connectivity index (χ0v) is 17.3. The number of carboxylic acid groups (broad SMARTS) is 1. The Morgan fingerprint density at radius 1 is 0.774 bits per heavy atom. The first-order valence-electron chi connectivity index (χ1n) is 9.55. The molecular formula is C17H31N7O7. The van der Waals surface area contributed by atoms with Gasteiger partial charge in [-0.05, 0) is 32.7 Å². The lowest BCUT2D eigenvalue weighted by Crippen LogP contribution is -2.58. The molecule has 0 aliphatic heterocycles. The standard InChI is InChI=1S/C17H31N7O7/c1-8(19)14(27)23-10(6-12(20)25)16(29)24-11(7-13(21)26)15(28)22-9(17(30)31)4-2-3-5-18/h8-11H,2-7,18-19H2,1H3,(H2,20,25)(H2,21,26)(H,22,28)(H,23,27)(H,24,29)(H,30,31). The number of hydrogen-bond donors (Lipinski definition) is 8.